The molecule has 3 heterocycles. The van der Waals surface area contributed by atoms with Crippen LogP contribution in [0.2, 0.25) is 0 Å². The molecule has 116 valence electrons. The van der Waals surface area contributed by atoms with Crippen LogP contribution < -0.4 is 5.32 Å². The van der Waals surface area contributed by atoms with Crippen LogP contribution in [0.15, 0.2) is 22.9 Å². The van der Waals surface area contributed by atoms with Crippen LogP contribution in [-0.4, -0.2) is 24.7 Å². The van der Waals surface area contributed by atoms with Crippen molar-refractivity contribution in [3.8, 4) is 0 Å². The van der Waals surface area contributed by atoms with E-state index in [0.29, 0.717) is 11.8 Å². The molecule has 0 aliphatic rings. The molecule has 1 N–H and O–H groups in total. The Morgan fingerprint density at radius 2 is 2.09 bits per heavy atom. The van der Waals surface area contributed by atoms with Crippen LogP contribution in [0.3, 0.4) is 0 Å². The normalized spacial score (nSPS) is 13.0. The lowest BCUT2D eigenvalue weighted by Crippen LogP contribution is -2.11. The van der Waals surface area contributed by atoms with Crippen LogP contribution in [0, 0.1) is 12.8 Å². The standard InChI is InChI=1S/C15H20N6O/c1-9(2)7-12-19-15(22-20-12)11(4)18-14-8-10(3)17-13-5-6-16-21(13)14/h5-6,8-9,11,18H,7H2,1-4H3. The maximum atomic E-state index is 5.35. The van der Waals surface area contributed by atoms with Gasteiger partial charge in [-0.3, -0.25) is 0 Å². The molecule has 0 aliphatic heterocycles. The summed E-state index contributed by atoms with van der Waals surface area (Å²) in [5, 5.41) is 11.7. The lowest BCUT2D eigenvalue weighted by molar-refractivity contribution is 0.360. The van der Waals surface area contributed by atoms with Crippen LogP contribution >= 0.6 is 0 Å². The fourth-order valence-corrected chi connectivity index (χ4v) is 2.32. The van der Waals surface area contributed by atoms with Gasteiger partial charge in [0, 0.05) is 24.2 Å². The summed E-state index contributed by atoms with van der Waals surface area (Å²) in [5.74, 6) is 2.67. The summed E-state index contributed by atoms with van der Waals surface area (Å²) in [6, 6.07) is 3.71. The summed E-state index contributed by atoms with van der Waals surface area (Å²) in [6.07, 6.45) is 2.54. The highest BCUT2D eigenvalue weighted by atomic mass is 16.5. The zero-order valence-corrected chi connectivity index (χ0v) is 13.2. The third-order valence-corrected chi connectivity index (χ3v) is 3.30. The first-order valence-corrected chi connectivity index (χ1v) is 7.43. The van der Waals surface area contributed by atoms with Crippen molar-refractivity contribution in [3.05, 3.63) is 35.7 Å². The van der Waals surface area contributed by atoms with E-state index in [2.05, 4.69) is 39.4 Å². The Hall–Kier alpha value is -2.44. The molecule has 1 atom stereocenters. The summed E-state index contributed by atoms with van der Waals surface area (Å²) in [5.41, 5.74) is 1.73. The van der Waals surface area contributed by atoms with Crippen molar-refractivity contribution in [2.75, 3.05) is 5.32 Å². The number of nitrogens with one attached hydrogen (secondary N) is 1. The fourth-order valence-electron chi connectivity index (χ4n) is 2.32. The number of fused-ring (bicyclic) bond motifs is 1. The van der Waals surface area contributed by atoms with Crippen molar-refractivity contribution in [2.24, 2.45) is 5.92 Å². The second-order valence-corrected chi connectivity index (χ2v) is 5.90. The summed E-state index contributed by atoms with van der Waals surface area (Å²) in [6.45, 7) is 8.20. The van der Waals surface area contributed by atoms with Crippen molar-refractivity contribution in [1.82, 2.24) is 24.7 Å². The van der Waals surface area contributed by atoms with E-state index in [1.807, 2.05) is 26.0 Å². The Balaban J connectivity index is 1.82. The Labute approximate surface area is 128 Å². The predicted octanol–water partition coefficient (Wildman–Crippen LogP) is 2.79. The van der Waals surface area contributed by atoms with Gasteiger partial charge >= 0.3 is 0 Å². The average molecular weight is 300 g/mol. The van der Waals surface area contributed by atoms with Gasteiger partial charge in [-0.25, -0.2) is 4.98 Å². The minimum Gasteiger partial charge on any atom is -0.358 e. The Bertz CT molecular complexity index is 775. The van der Waals surface area contributed by atoms with Gasteiger partial charge in [0.05, 0.1) is 6.20 Å². The van der Waals surface area contributed by atoms with Gasteiger partial charge in [0.15, 0.2) is 11.5 Å². The molecule has 1 unspecified atom stereocenters. The number of anilines is 1. The van der Waals surface area contributed by atoms with Crippen molar-refractivity contribution in [2.45, 2.75) is 40.2 Å². The van der Waals surface area contributed by atoms with Crippen LogP contribution in [0.4, 0.5) is 5.82 Å². The maximum Gasteiger partial charge on any atom is 0.248 e. The third-order valence-electron chi connectivity index (χ3n) is 3.30. The van der Waals surface area contributed by atoms with E-state index < -0.39 is 0 Å². The van der Waals surface area contributed by atoms with Crippen LogP contribution in [-0.2, 0) is 6.42 Å². The number of hydrogen-bond donors (Lipinski definition) is 1. The van der Waals surface area contributed by atoms with Gasteiger partial charge in [0.2, 0.25) is 5.89 Å². The first kappa shape index (κ1) is 14.5. The number of aromatic nitrogens is 5. The van der Waals surface area contributed by atoms with Crippen molar-refractivity contribution >= 4 is 11.5 Å². The van der Waals surface area contributed by atoms with Gasteiger partial charge in [0.1, 0.15) is 11.9 Å². The van der Waals surface area contributed by atoms with Gasteiger partial charge in [-0.05, 0) is 19.8 Å². The monoisotopic (exact) mass is 300 g/mol. The van der Waals surface area contributed by atoms with E-state index in [4.69, 9.17) is 4.52 Å². The summed E-state index contributed by atoms with van der Waals surface area (Å²) in [7, 11) is 0. The first-order chi connectivity index (χ1) is 10.5. The second-order valence-electron chi connectivity index (χ2n) is 5.90. The summed E-state index contributed by atoms with van der Waals surface area (Å²) in [4.78, 5) is 8.87. The van der Waals surface area contributed by atoms with Gasteiger partial charge in [-0.1, -0.05) is 19.0 Å². The van der Waals surface area contributed by atoms with Gasteiger partial charge in [-0.2, -0.15) is 14.6 Å². The average Bonchev–Trinajstić information content (AvgIpc) is 3.06. The van der Waals surface area contributed by atoms with Crippen molar-refractivity contribution in [3.63, 3.8) is 0 Å². The molecule has 3 aromatic heterocycles. The highest BCUT2D eigenvalue weighted by molar-refractivity contribution is 5.49. The lowest BCUT2D eigenvalue weighted by Gasteiger charge is -2.12. The molecule has 0 saturated heterocycles. The SMILES string of the molecule is Cc1cc(NC(C)c2nc(CC(C)C)no2)n2nccc2n1. The molecular formula is C15H20N6O. The molecule has 7 nitrogen and oxygen atoms in total. The number of nitrogens with zero attached hydrogens (tertiary/aromatic N) is 5. The number of rotatable bonds is 5. The molecule has 22 heavy (non-hydrogen) atoms. The van der Waals surface area contributed by atoms with Gasteiger partial charge < -0.3 is 9.84 Å². The quantitative estimate of drug-likeness (QED) is 0.780. The molecule has 0 bridgehead atoms. The van der Waals surface area contributed by atoms with Gasteiger partial charge in [-0.15, -0.1) is 0 Å². The van der Waals surface area contributed by atoms with Crippen molar-refractivity contribution in [1.29, 1.82) is 0 Å². The largest absolute Gasteiger partial charge is 0.358 e. The molecule has 0 aromatic carbocycles. The molecule has 0 aliphatic carbocycles. The molecule has 7 heteroatoms. The zero-order valence-electron chi connectivity index (χ0n) is 13.2. The van der Waals surface area contributed by atoms with E-state index in [1.165, 1.54) is 0 Å². The summed E-state index contributed by atoms with van der Waals surface area (Å²) < 4.78 is 7.11. The Morgan fingerprint density at radius 1 is 1.27 bits per heavy atom. The minimum atomic E-state index is -0.109. The van der Waals surface area contributed by atoms with E-state index in [1.54, 1.807) is 10.7 Å². The highest BCUT2D eigenvalue weighted by Crippen LogP contribution is 2.19. The van der Waals surface area contributed by atoms with E-state index in [0.717, 1.165) is 29.4 Å². The maximum absolute atomic E-state index is 5.35. The molecule has 0 radical (unpaired) electrons. The van der Waals surface area contributed by atoms with Crippen molar-refractivity contribution < 1.29 is 4.52 Å². The second kappa shape index (κ2) is 5.75. The van der Waals surface area contributed by atoms with Crippen LogP contribution in [0.25, 0.3) is 5.65 Å². The molecule has 3 aromatic rings. The van der Waals surface area contributed by atoms with Gasteiger partial charge in [0.25, 0.3) is 0 Å². The van der Waals surface area contributed by atoms with E-state index >= 15 is 0 Å². The first-order valence-electron chi connectivity index (χ1n) is 7.43. The lowest BCUT2D eigenvalue weighted by atomic mass is 10.1. The third kappa shape index (κ3) is 2.93. The summed E-state index contributed by atoms with van der Waals surface area (Å²) >= 11 is 0. The van der Waals surface area contributed by atoms with E-state index in [9.17, 15) is 0 Å². The molecule has 0 fully saturated rings. The van der Waals surface area contributed by atoms with Crippen LogP contribution in [0.5, 0.6) is 0 Å². The minimum absolute atomic E-state index is 0.109. The molecular weight excluding hydrogens is 280 g/mol. The number of hydrogen-bond acceptors (Lipinski definition) is 6. The van der Waals surface area contributed by atoms with E-state index in [-0.39, 0.29) is 6.04 Å². The highest BCUT2D eigenvalue weighted by Gasteiger charge is 2.16. The predicted molar refractivity (Wildman–Crippen MR) is 82.6 cm³/mol. The molecule has 3 rings (SSSR count). The Morgan fingerprint density at radius 3 is 2.86 bits per heavy atom. The molecule has 0 spiro atoms. The number of aryl methyl sites for hydroxylation is 1. The Kier molecular flexibility index (Phi) is 3.79. The zero-order chi connectivity index (χ0) is 15.7. The topological polar surface area (TPSA) is 81.1 Å². The molecule has 0 saturated carbocycles. The smallest absolute Gasteiger partial charge is 0.248 e. The molecule has 0 amide bonds. The van der Waals surface area contributed by atoms with Crippen LogP contribution in [0.1, 0.15) is 44.2 Å². The fraction of sp³-hybridized carbons (Fsp3) is 0.467.